The molecule has 0 saturated carbocycles. The lowest BCUT2D eigenvalue weighted by Crippen LogP contribution is -2.48. The van der Waals surface area contributed by atoms with E-state index in [1.807, 2.05) is 35.2 Å². The van der Waals surface area contributed by atoms with Crippen LogP contribution in [0.25, 0.3) is 0 Å². The van der Waals surface area contributed by atoms with Crippen LogP contribution in [-0.4, -0.2) is 47.9 Å². The summed E-state index contributed by atoms with van der Waals surface area (Å²) in [4.78, 5) is 31.9. The van der Waals surface area contributed by atoms with Crippen molar-refractivity contribution in [1.29, 1.82) is 0 Å². The van der Waals surface area contributed by atoms with E-state index in [2.05, 4.69) is 25.3 Å². The number of halogens is 1. The Morgan fingerprint density at radius 1 is 1.14 bits per heavy atom. The minimum Gasteiger partial charge on any atom is -0.491 e. The van der Waals surface area contributed by atoms with Crippen molar-refractivity contribution in [2.75, 3.05) is 26.2 Å². The molecule has 184 valence electrons. The molecule has 2 heterocycles. The highest BCUT2D eigenvalue weighted by Gasteiger charge is 2.34. The normalized spacial score (nSPS) is 15.9. The first kappa shape index (κ1) is 25.3. The van der Waals surface area contributed by atoms with E-state index in [0.717, 1.165) is 18.4 Å². The van der Waals surface area contributed by atoms with Crippen LogP contribution in [0.15, 0.2) is 66.0 Å². The van der Waals surface area contributed by atoms with E-state index in [9.17, 15) is 9.59 Å². The van der Waals surface area contributed by atoms with Gasteiger partial charge in [0, 0.05) is 28.6 Å². The van der Waals surface area contributed by atoms with Gasteiger partial charge in [0.15, 0.2) is 0 Å². The van der Waals surface area contributed by atoms with Crippen LogP contribution in [0, 0.1) is 5.92 Å². The summed E-state index contributed by atoms with van der Waals surface area (Å²) in [5, 5.41) is 2.72. The quantitative estimate of drug-likeness (QED) is 0.350. The summed E-state index contributed by atoms with van der Waals surface area (Å²) in [5.41, 5.74) is 1.73. The largest absolute Gasteiger partial charge is 0.491 e. The molecule has 2 aromatic carbocycles. The Hall–Kier alpha value is -2.83. The minimum absolute atomic E-state index is 0.0506. The number of rotatable bonds is 9. The predicted molar refractivity (Wildman–Crippen MR) is 141 cm³/mol. The zero-order chi connectivity index (χ0) is 24.8. The van der Waals surface area contributed by atoms with Gasteiger partial charge >= 0.3 is 0 Å². The second-order valence-electron chi connectivity index (χ2n) is 8.98. The van der Waals surface area contributed by atoms with Gasteiger partial charge in [0.25, 0.3) is 5.91 Å². The van der Waals surface area contributed by atoms with E-state index in [4.69, 9.17) is 16.3 Å². The van der Waals surface area contributed by atoms with Crippen LogP contribution in [-0.2, 0) is 11.2 Å². The highest BCUT2D eigenvalue weighted by molar-refractivity contribution is 7.10. The summed E-state index contributed by atoms with van der Waals surface area (Å²) in [6.45, 7) is 5.75. The molecule has 5 nitrogen and oxygen atoms in total. The first-order valence-corrected chi connectivity index (χ1v) is 13.3. The third-order valence-electron chi connectivity index (χ3n) is 6.50. The maximum Gasteiger partial charge on any atom is 0.254 e. The fourth-order valence-corrected chi connectivity index (χ4v) is 5.38. The first-order chi connectivity index (χ1) is 17.0. The van der Waals surface area contributed by atoms with Crippen molar-refractivity contribution in [2.24, 2.45) is 5.92 Å². The molecule has 0 radical (unpaired) electrons. The fraction of sp³-hybridized carbons (Fsp3) is 0.357. The Kier molecular flexibility index (Phi) is 8.47. The number of hydrogen-bond donors (Lipinski definition) is 0. The van der Waals surface area contributed by atoms with Gasteiger partial charge in [0.2, 0.25) is 5.91 Å². The van der Waals surface area contributed by atoms with Gasteiger partial charge in [-0.3, -0.25) is 9.59 Å². The average Bonchev–Trinajstić information content (AvgIpc) is 3.37. The molecule has 35 heavy (non-hydrogen) atoms. The summed E-state index contributed by atoms with van der Waals surface area (Å²) in [6, 6.07) is 18.3. The third kappa shape index (κ3) is 6.24. The predicted octanol–water partition coefficient (Wildman–Crippen LogP) is 6.09. The Balaban J connectivity index is 1.53. The smallest absolute Gasteiger partial charge is 0.254 e. The zero-order valence-electron chi connectivity index (χ0n) is 20.2. The Labute approximate surface area is 216 Å². The van der Waals surface area contributed by atoms with E-state index in [0.29, 0.717) is 41.9 Å². The maximum atomic E-state index is 13.7. The summed E-state index contributed by atoms with van der Waals surface area (Å²) in [5.74, 6) is 0.840. The van der Waals surface area contributed by atoms with Gasteiger partial charge in [-0.25, -0.2) is 0 Å². The number of hydrogen-bond acceptors (Lipinski definition) is 4. The van der Waals surface area contributed by atoms with Crippen molar-refractivity contribution >= 4 is 34.8 Å². The molecule has 0 saturated heterocycles. The van der Waals surface area contributed by atoms with Gasteiger partial charge in [-0.05, 0) is 65.7 Å². The molecule has 0 N–H and O–H groups in total. The molecular formula is C28H31ClN2O3S. The van der Waals surface area contributed by atoms with Gasteiger partial charge in [-0.2, -0.15) is 0 Å². The molecule has 0 fully saturated rings. The van der Waals surface area contributed by atoms with E-state index in [-0.39, 0.29) is 24.4 Å². The van der Waals surface area contributed by atoms with Crippen molar-refractivity contribution in [3.05, 3.63) is 87.1 Å². The molecule has 1 aliphatic heterocycles. The highest BCUT2D eigenvalue weighted by atomic mass is 35.5. The van der Waals surface area contributed by atoms with Crippen molar-refractivity contribution in [3.63, 3.8) is 0 Å². The van der Waals surface area contributed by atoms with Gasteiger partial charge in [-0.1, -0.05) is 50.1 Å². The van der Waals surface area contributed by atoms with Crippen molar-refractivity contribution in [1.82, 2.24) is 9.80 Å². The molecule has 0 aliphatic carbocycles. The van der Waals surface area contributed by atoms with Crippen LogP contribution in [0.2, 0.25) is 5.02 Å². The standard InChI is InChI=1S/C28H31ClN2O3S/c1-3-20(2)17-30(28(33)21-7-5-4-6-8-21)18-27(32)31-15-13-26-24(14-16-35-26)25(31)19-34-23-11-9-22(29)10-12-23/h4-12,14,16,20,25H,3,13,15,17-19H2,1-2H3. The number of carbonyl (C=O) groups excluding carboxylic acids is 2. The third-order valence-corrected chi connectivity index (χ3v) is 7.75. The monoisotopic (exact) mass is 510 g/mol. The molecule has 3 aromatic rings. The average molecular weight is 511 g/mol. The zero-order valence-corrected chi connectivity index (χ0v) is 21.7. The second-order valence-corrected chi connectivity index (χ2v) is 10.4. The summed E-state index contributed by atoms with van der Waals surface area (Å²) in [6.07, 6.45) is 1.75. The summed E-state index contributed by atoms with van der Waals surface area (Å²) in [7, 11) is 0. The first-order valence-electron chi connectivity index (χ1n) is 12.0. The number of carbonyl (C=O) groups is 2. The van der Waals surface area contributed by atoms with Crippen LogP contribution in [0.4, 0.5) is 0 Å². The molecule has 0 spiro atoms. The number of nitrogens with zero attached hydrogens (tertiary/aromatic N) is 2. The van der Waals surface area contributed by atoms with E-state index in [1.165, 1.54) is 4.88 Å². The summed E-state index contributed by atoms with van der Waals surface area (Å²) < 4.78 is 6.08. The lowest BCUT2D eigenvalue weighted by Gasteiger charge is -2.37. The molecule has 1 aromatic heterocycles. The van der Waals surface area contributed by atoms with Crippen molar-refractivity contribution in [3.8, 4) is 5.75 Å². The Morgan fingerprint density at radius 2 is 1.89 bits per heavy atom. The second kappa shape index (κ2) is 11.7. The number of benzene rings is 2. The Morgan fingerprint density at radius 3 is 2.60 bits per heavy atom. The van der Waals surface area contributed by atoms with Crippen LogP contribution < -0.4 is 4.74 Å². The molecule has 1 aliphatic rings. The molecule has 2 amide bonds. The van der Waals surface area contributed by atoms with Gasteiger partial charge in [-0.15, -0.1) is 11.3 Å². The number of ether oxygens (including phenoxy) is 1. The number of amides is 2. The van der Waals surface area contributed by atoms with Crippen molar-refractivity contribution < 1.29 is 14.3 Å². The minimum atomic E-state index is -0.203. The molecule has 7 heteroatoms. The van der Waals surface area contributed by atoms with E-state index >= 15 is 0 Å². The fourth-order valence-electron chi connectivity index (χ4n) is 4.32. The van der Waals surface area contributed by atoms with Crippen molar-refractivity contribution in [2.45, 2.75) is 32.7 Å². The highest BCUT2D eigenvalue weighted by Crippen LogP contribution is 2.34. The van der Waals surface area contributed by atoms with Gasteiger partial charge in [0.1, 0.15) is 18.9 Å². The molecule has 2 unspecified atom stereocenters. The topological polar surface area (TPSA) is 49.9 Å². The SMILES string of the molecule is CCC(C)CN(CC(=O)N1CCc2sccc2C1COc1ccc(Cl)cc1)C(=O)c1ccccc1. The number of thiophene rings is 1. The molecular weight excluding hydrogens is 480 g/mol. The van der Waals surface area contributed by atoms with Gasteiger partial charge < -0.3 is 14.5 Å². The van der Waals surface area contributed by atoms with Gasteiger partial charge in [0.05, 0.1) is 6.04 Å². The maximum absolute atomic E-state index is 13.7. The lowest BCUT2D eigenvalue weighted by atomic mass is 10.00. The van der Waals surface area contributed by atoms with Crippen LogP contribution in [0.1, 0.15) is 47.1 Å². The molecule has 0 bridgehead atoms. The number of fused-ring (bicyclic) bond motifs is 1. The Bertz CT molecular complexity index is 1130. The van der Waals surface area contributed by atoms with Crippen LogP contribution in [0.3, 0.4) is 0 Å². The lowest BCUT2D eigenvalue weighted by molar-refractivity contribution is -0.135. The van der Waals surface area contributed by atoms with E-state index < -0.39 is 0 Å². The molecule has 4 rings (SSSR count). The van der Waals surface area contributed by atoms with Crippen LogP contribution >= 0.6 is 22.9 Å². The summed E-state index contributed by atoms with van der Waals surface area (Å²) >= 11 is 7.72. The molecule has 2 atom stereocenters. The van der Waals surface area contributed by atoms with Crippen LogP contribution in [0.5, 0.6) is 5.75 Å². The van der Waals surface area contributed by atoms with E-state index in [1.54, 1.807) is 40.5 Å².